The number of nitrogens with zero attached hydrogens (tertiary/aromatic N) is 2. The van der Waals surface area contributed by atoms with Crippen molar-refractivity contribution in [2.75, 3.05) is 0 Å². The van der Waals surface area contributed by atoms with E-state index in [1.54, 1.807) is 0 Å². The summed E-state index contributed by atoms with van der Waals surface area (Å²) in [6.45, 7) is 7.04. The second-order valence-electron chi connectivity index (χ2n) is 14.9. The molecular formula is C43H78N2. The van der Waals surface area contributed by atoms with Gasteiger partial charge in [-0.15, -0.1) is 0 Å². The molecular weight excluding hydrogens is 544 g/mol. The highest BCUT2D eigenvalue weighted by atomic mass is 15.1. The van der Waals surface area contributed by atoms with Crippen molar-refractivity contribution < 1.29 is 0 Å². The van der Waals surface area contributed by atoms with Crippen molar-refractivity contribution in [3.8, 4) is 0 Å². The summed E-state index contributed by atoms with van der Waals surface area (Å²) in [6, 6.07) is 0.535. The lowest BCUT2D eigenvalue weighted by atomic mass is 9.76. The fraction of sp³-hybridized carbons (Fsp3) is 0.837. The largest absolute Gasteiger partial charge is 0.331 e. The van der Waals surface area contributed by atoms with Crippen LogP contribution >= 0.6 is 0 Å². The Kier molecular flexibility index (Phi) is 24.6. The van der Waals surface area contributed by atoms with Crippen LogP contribution in [0.25, 0.3) is 0 Å². The number of aromatic nitrogens is 2. The maximum absolute atomic E-state index is 5.01. The molecule has 0 aromatic carbocycles. The van der Waals surface area contributed by atoms with E-state index in [4.69, 9.17) is 4.98 Å². The molecule has 0 saturated heterocycles. The van der Waals surface area contributed by atoms with Gasteiger partial charge in [0.1, 0.15) is 5.82 Å². The molecule has 1 aliphatic carbocycles. The summed E-state index contributed by atoms with van der Waals surface area (Å²) in [7, 11) is 0. The summed E-state index contributed by atoms with van der Waals surface area (Å²) >= 11 is 0. The van der Waals surface area contributed by atoms with Crippen LogP contribution in [0.2, 0.25) is 0 Å². The van der Waals surface area contributed by atoms with Crippen molar-refractivity contribution >= 4 is 0 Å². The van der Waals surface area contributed by atoms with Crippen LogP contribution in [0, 0.1) is 0 Å². The maximum atomic E-state index is 5.01. The molecule has 1 heterocycles. The second kappa shape index (κ2) is 27.8. The number of hydrogen-bond donors (Lipinski definition) is 0. The summed E-state index contributed by atoms with van der Waals surface area (Å²) in [5.41, 5.74) is 0.0824. The Bertz CT molecular complexity index is 835. The molecule has 2 heteroatoms. The third-order valence-electron chi connectivity index (χ3n) is 10.7. The first kappa shape index (κ1) is 39.9. The summed E-state index contributed by atoms with van der Waals surface area (Å²) in [5.74, 6) is 1.32. The molecule has 0 amide bonds. The first-order chi connectivity index (χ1) is 22.2. The molecule has 2 unspecified atom stereocenters. The van der Waals surface area contributed by atoms with Gasteiger partial charge in [-0.25, -0.2) is 4.98 Å². The topological polar surface area (TPSA) is 17.8 Å². The van der Waals surface area contributed by atoms with E-state index in [0.717, 1.165) is 6.42 Å². The molecule has 2 atom stereocenters. The lowest BCUT2D eigenvalue weighted by molar-refractivity contribution is 0.380. The van der Waals surface area contributed by atoms with Gasteiger partial charge >= 0.3 is 0 Å². The molecule has 0 N–H and O–H groups in total. The predicted octanol–water partition coefficient (Wildman–Crippen LogP) is 14.9. The van der Waals surface area contributed by atoms with Crippen LogP contribution in [-0.2, 0) is 5.41 Å². The molecule has 2 rings (SSSR count). The Morgan fingerprint density at radius 2 is 1.00 bits per heavy atom. The summed E-state index contributed by atoms with van der Waals surface area (Å²) in [6.07, 6.45) is 57.2. The normalized spacial score (nSPS) is 17.0. The van der Waals surface area contributed by atoms with Crippen molar-refractivity contribution in [1.82, 2.24) is 9.55 Å². The Morgan fingerprint density at radius 3 is 1.42 bits per heavy atom. The summed E-state index contributed by atoms with van der Waals surface area (Å²) in [4.78, 5) is 5.01. The van der Waals surface area contributed by atoms with Crippen LogP contribution in [-0.4, -0.2) is 9.55 Å². The zero-order valence-electron chi connectivity index (χ0n) is 30.9. The number of hydrogen-bond acceptors (Lipinski definition) is 1. The average molecular weight is 623 g/mol. The van der Waals surface area contributed by atoms with Crippen molar-refractivity contribution in [1.29, 1.82) is 0 Å². The smallest absolute Gasteiger partial charge is 0.119 e. The van der Waals surface area contributed by atoms with Gasteiger partial charge in [0.2, 0.25) is 0 Å². The van der Waals surface area contributed by atoms with E-state index in [-0.39, 0.29) is 5.41 Å². The fourth-order valence-corrected chi connectivity index (χ4v) is 7.59. The highest BCUT2D eigenvalue weighted by Crippen LogP contribution is 2.38. The molecule has 1 aliphatic rings. The van der Waals surface area contributed by atoms with Crippen LogP contribution in [0.3, 0.4) is 0 Å². The highest BCUT2D eigenvalue weighted by Gasteiger charge is 2.34. The molecule has 0 spiro atoms. The Morgan fingerprint density at radius 1 is 0.578 bits per heavy atom. The standard InChI is InChI=1S/C43H78N2/c1-4-6-8-10-12-14-16-18-19-21-23-25-27-29-32-36-43(37-33-30-34-38-43)42-44-39-40-45(42)41(3)35-31-28-26-24-22-20-17-15-13-11-9-7-5-2/h30,33-34,37,39-41H,4-29,31-32,35-36,38H2,1-3H3. The van der Waals surface area contributed by atoms with Gasteiger partial charge in [-0.2, -0.15) is 0 Å². The molecule has 0 aliphatic heterocycles. The first-order valence-electron chi connectivity index (χ1n) is 20.6. The molecule has 1 aromatic heterocycles. The van der Waals surface area contributed by atoms with Crippen molar-refractivity contribution in [3.05, 3.63) is 42.5 Å². The summed E-state index contributed by atoms with van der Waals surface area (Å²) < 4.78 is 2.54. The number of rotatable bonds is 32. The quantitative estimate of drug-likeness (QED) is 0.0731. The van der Waals surface area contributed by atoms with Crippen LogP contribution in [0.5, 0.6) is 0 Å². The molecule has 2 nitrogen and oxygen atoms in total. The van der Waals surface area contributed by atoms with Crippen LogP contribution < -0.4 is 0 Å². The molecule has 45 heavy (non-hydrogen) atoms. The lowest BCUT2D eigenvalue weighted by Crippen LogP contribution is -2.29. The molecule has 0 radical (unpaired) electrons. The van der Waals surface area contributed by atoms with Gasteiger partial charge in [0.25, 0.3) is 0 Å². The number of imidazole rings is 1. The third kappa shape index (κ3) is 18.6. The van der Waals surface area contributed by atoms with Gasteiger partial charge in [-0.1, -0.05) is 218 Å². The SMILES string of the molecule is CCCCCCCCCCCCCCCCCC1(c2nccn2C(C)CCCCCCCCCCCCCCC)C=CC=CC1. The minimum Gasteiger partial charge on any atom is -0.331 e. The van der Waals surface area contributed by atoms with Crippen molar-refractivity contribution in [2.45, 2.75) is 231 Å². The monoisotopic (exact) mass is 623 g/mol. The minimum atomic E-state index is 0.0824. The molecule has 0 fully saturated rings. The highest BCUT2D eigenvalue weighted by molar-refractivity contribution is 5.29. The summed E-state index contributed by atoms with van der Waals surface area (Å²) in [5, 5.41) is 0. The Labute approximate surface area is 282 Å². The van der Waals surface area contributed by atoms with Crippen LogP contribution in [0.15, 0.2) is 36.7 Å². The van der Waals surface area contributed by atoms with E-state index in [1.165, 1.54) is 198 Å². The number of allylic oxidation sites excluding steroid dienone is 4. The van der Waals surface area contributed by atoms with Crippen LogP contribution in [0.1, 0.15) is 232 Å². The van der Waals surface area contributed by atoms with Gasteiger partial charge in [0, 0.05) is 18.4 Å². The predicted molar refractivity (Wildman–Crippen MR) is 201 cm³/mol. The maximum Gasteiger partial charge on any atom is 0.119 e. The lowest BCUT2D eigenvalue weighted by Gasteiger charge is -2.33. The van der Waals surface area contributed by atoms with E-state index >= 15 is 0 Å². The Hall–Kier alpha value is -1.31. The average Bonchev–Trinajstić information content (AvgIpc) is 3.57. The van der Waals surface area contributed by atoms with E-state index in [1.807, 2.05) is 0 Å². The van der Waals surface area contributed by atoms with E-state index < -0.39 is 0 Å². The van der Waals surface area contributed by atoms with Gasteiger partial charge in [-0.05, 0) is 26.2 Å². The fourth-order valence-electron chi connectivity index (χ4n) is 7.59. The third-order valence-corrected chi connectivity index (χ3v) is 10.7. The molecule has 0 saturated carbocycles. The zero-order chi connectivity index (χ0) is 32.1. The first-order valence-corrected chi connectivity index (χ1v) is 20.6. The van der Waals surface area contributed by atoms with E-state index in [2.05, 4.69) is 62.0 Å². The van der Waals surface area contributed by atoms with E-state index in [0.29, 0.717) is 6.04 Å². The second-order valence-corrected chi connectivity index (χ2v) is 14.9. The van der Waals surface area contributed by atoms with Gasteiger partial charge in [0.15, 0.2) is 0 Å². The zero-order valence-corrected chi connectivity index (χ0v) is 30.9. The van der Waals surface area contributed by atoms with Crippen LogP contribution in [0.4, 0.5) is 0 Å². The van der Waals surface area contributed by atoms with Gasteiger partial charge < -0.3 is 4.57 Å². The molecule has 0 bridgehead atoms. The van der Waals surface area contributed by atoms with Gasteiger partial charge in [-0.3, -0.25) is 0 Å². The minimum absolute atomic E-state index is 0.0824. The van der Waals surface area contributed by atoms with Crippen molar-refractivity contribution in [3.63, 3.8) is 0 Å². The van der Waals surface area contributed by atoms with E-state index in [9.17, 15) is 0 Å². The van der Waals surface area contributed by atoms with Gasteiger partial charge in [0.05, 0.1) is 5.41 Å². The van der Waals surface area contributed by atoms with Crippen molar-refractivity contribution in [2.24, 2.45) is 0 Å². The molecule has 260 valence electrons. The number of unbranched alkanes of at least 4 members (excludes halogenated alkanes) is 26. The Balaban J connectivity index is 1.58. The molecule has 1 aromatic rings.